The van der Waals surface area contributed by atoms with E-state index in [-0.39, 0.29) is 0 Å². The monoisotopic (exact) mass is 71.1 g/mol. The molecule has 0 amide bonds. The number of carboxylic acid groups (broad SMARTS) is 1. The molecule has 0 spiro atoms. The summed E-state index contributed by atoms with van der Waals surface area (Å²) in [6.45, 7) is 0.475. The lowest BCUT2D eigenvalue weighted by molar-refractivity contribution is -0.131. The molecule has 2 nitrogen and oxygen atoms in total. The molecule has 0 fully saturated rings. The van der Waals surface area contributed by atoms with Gasteiger partial charge in [-0.2, -0.15) is 0 Å². The normalized spacial score (nSPS) is 16.4. The van der Waals surface area contributed by atoms with Gasteiger partial charge in [0.1, 0.15) is 0 Å². The summed E-state index contributed by atoms with van der Waals surface area (Å²) in [5.41, 5.74) is 0. The molecule has 0 bridgehead atoms. The first-order chi connectivity index (χ1) is 3.18. The van der Waals surface area contributed by atoms with Crippen LogP contribution in [0.15, 0.2) is 12.6 Å². The van der Waals surface area contributed by atoms with Crippen molar-refractivity contribution >= 4 is 5.97 Å². The van der Waals surface area contributed by atoms with Crippen LogP contribution in [0.1, 0.15) is 2.74 Å². The maximum absolute atomic E-state index is 9.55. The Bertz CT molecular complexity index is 108. The molecule has 0 saturated carbocycles. The second-order valence-electron chi connectivity index (χ2n) is 0.449. The molecular formula is C3H4O2. The van der Waals surface area contributed by atoms with Crippen LogP contribution >= 0.6 is 0 Å². The predicted octanol–water partition coefficient (Wildman–Crippen LogP) is 0.257. The van der Waals surface area contributed by atoms with Crippen LogP contribution < -0.4 is 0 Å². The van der Waals surface area contributed by atoms with Crippen LogP contribution in [0, 0.1) is 0 Å². The summed E-state index contributed by atoms with van der Waals surface area (Å²) in [7, 11) is 0. The van der Waals surface area contributed by atoms with Crippen molar-refractivity contribution in [1.29, 1.82) is 0 Å². The van der Waals surface area contributed by atoms with Gasteiger partial charge in [0.25, 0.3) is 0 Å². The Morgan fingerprint density at radius 3 is 3.20 bits per heavy atom. The van der Waals surface area contributed by atoms with E-state index in [0.29, 0.717) is 6.55 Å². The Balaban J connectivity index is 3.82. The predicted molar refractivity (Wildman–Crippen MR) is 17.8 cm³/mol. The Morgan fingerprint density at radius 1 is 2.60 bits per heavy atom. The van der Waals surface area contributed by atoms with Crippen molar-refractivity contribution in [1.82, 2.24) is 0 Å². The zero-order valence-corrected chi connectivity index (χ0v) is 2.43. The number of rotatable bonds is 1. The van der Waals surface area contributed by atoms with Crippen molar-refractivity contribution in [2.45, 2.75) is 0 Å². The fourth-order valence-electron chi connectivity index (χ4n) is 0. The van der Waals surface area contributed by atoms with E-state index in [4.69, 9.17) is 7.85 Å². The van der Waals surface area contributed by atoms with Crippen LogP contribution in [0.5, 0.6) is 0 Å². The largest absolute Gasteiger partial charge is 0.478 e. The average molecular weight is 71.1 g/mol. The highest BCUT2D eigenvalue weighted by Gasteiger charge is 1.73. The van der Waals surface area contributed by atoms with E-state index in [9.17, 15) is 4.79 Å². The molecule has 1 N–H and O–H groups in total. The van der Waals surface area contributed by atoms with E-state index in [1.165, 1.54) is 0 Å². The molecule has 0 aromatic heterocycles. The second-order valence-corrected chi connectivity index (χ2v) is 0.449. The highest BCUT2D eigenvalue weighted by atomic mass is 16.3. The lowest BCUT2D eigenvalue weighted by Gasteiger charge is -1.64. The van der Waals surface area contributed by atoms with Gasteiger partial charge in [-0.1, -0.05) is 6.55 Å². The van der Waals surface area contributed by atoms with E-state index in [2.05, 4.69) is 0 Å². The molecule has 2 heteroatoms. The van der Waals surface area contributed by atoms with Crippen molar-refractivity contribution < 1.29 is 12.6 Å². The fraction of sp³-hybridized carbons (Fsp3) is 0. The summed E-state index contributed by atoms with van der Waals surface area (Å²) < 4.78 is 12.6. The zero-order valence-electron chi connectivity index (χ0n) is 4.43. The van der Waals surface area contributed by atoms with Crippen LogP contribution in [-0.2, 0) is 4.79 Å². The summed E-state index contributed by atoms with van der Waals surface area (Å²) in [5.74, 6) is -1.37. The smallest absolute Gasteiger partial charge is 0.327 e. The maximum Gasteiger partial charge on any atom is 0.327 e. The number of hydrogen-bond donors (Lipinski definition) is 1. The number of carboxylic acids is 1. The Kier molecular flexibility index (Phi) is 0.486. The third kappa shape index (κ3) is 3.21. The van der Waals surface area contributed by atoms with Crippen molar-refractivity contribution in [2.75, 3.05) is 0 Å². The minimum atomic E-state index is -1.37. The standard InChI is InChI=1S/C3H4O2/c1-2-3(4)5/h2H,1H2,(H,4,5)/i1D,2D,4-3. The molecule has 0 rings (SSSR count). The van der Waals surface area contributed by atoms with E-state index in [1.54, 1.807) is 0 Å². The molecule has 0 aliphatic rings. The summed E-state index contributed by atoms with van der Waals surface area (Å²) in [4.78, 5) is 9.55. The third-order valence-electron chi connectivity index (χ3n) is 0.123. The van der Waals surface area contributed by atoms with Gasteiger partial charge in [-0.15, -0.1) is 0 Å². The van der Waals surface area contributed by atoms with Gasteiger partial charge in [0, 0.05) is 6.05 Å². The van der Waals surface area contributed by atoms with Crippen molar-refractivity contribution in [3.63, 3.8) is 0 Å². The molecule has 0 radical (unpaired) electrons. The number of hydrogen-bond acceptors (Lipinski definition) is 1. The van der Waals surface area contributed by atoms with Gasteiger partial charge < -0.3 is 5.11 Å². The Hall–Kier alpha value is -0.790. The molecule has 0 aliphatic carbocycles. The first-order valence-electron chi connectivity index (χ1n) is 2.04. The van der Waals surface area contributed by atoms with E-state index < -0.39 is 12.0 Å². The molecule has 0 aromatic carbocycles. The number of carbonyl (C=O) groups is 1. The van der Waals surface area contributed by atoms with Crippen LogP contribution in [0.3, 0.4) is 0 Å². The van der Waals surface area contributed by atoms with Crippen LogP contribution in [0.2, 0.25) is 0 Å². The first-order valence-corrected chi connectivity index (χ1v) is 0.966. The van der Waals surface area contributed by atoms with Gasteiger partial charge in [0.2, 0.25) is 0 Å². The highest BCUT2D eigenvalue weighted by molar-refractivity contribution is 5.78. The zero-order chi connectivity index (χ0) is 5.86. The molecule has 28 valence electrons. The fourth-order valence-corrected chi connectivity index (χ4v) is 0. The van der Waals surface area contributed by atoms with E-state index in [1.807, 2.05) is 0 Å². The van der Waals surface area contributed by atoms with Gasteiger partial charge in [-0.3, -0.25) is 0 Å². The van der Waals surface area contributed by atoms with Crippen LogP contribution in [0.4, 0.5) is 0 Å². The molecule has 0 atom stereocenters. The van der Waals surface area contributed by atoms with Gasteiger partial charge >= 0.3 is 5.97 Å². The minimum Gasteiger partial charge on any atom is -0.478 e. The first kappa shape index (κ1) is 1.60. The van der Waals surface area contributed by atoms with Gasteiger partial charge in [0.05, 0.1) is 2.74 Å². The van der Waals surface area contributed by atoms with Crippen LogP contribution in [-0.4, -0.2) is 11.1 Å². The van der Waals surface area contributed by atoms with Gasteiger partial charge in [0.15, 0.2) is 0 Å². The molecular weight excluding hydrogens is 65.1 g/mol. The van der Waals surface area contributed by atoms with Crippen LogP contribution in [0.25, 0.3) is 0 Å². The third-order valence-corrected chi connectivity index (χ3v) is 0.123. The average Bonchev–Trinajstić information content (AvgIpc) is 1.65. The van der Waals surface area contributed by atoms with Gasteiger partial charge in [-0.05, 0) is 0 Å². The molecule has 0 heterocycles. The minimum absolute atomic E-state index is 0.475. The quantitative estimate of drug-likeness (QED) is 0.450. The lowest BCUT2D eigenvalue weighted by atomic mass is 10.6. The summed E-state index contributed by atoms with van der Waals surface area (Å²) in [6, 6.07) is -0.694. The van der Waals surface area contributed by atoms with E-state index >= 15 is 0 Å². The summed E-state index contributed by atoms with van der Waals surface area (Å²) >= 11 is 0. The topological polar surface area (TPSA) is 37.3 Å². The van der Waals surface area contributed by atoms with Crippen molar-refractivity contribution in [3.8, 4) is 0 Å². The molecule has 5 heavy (non-hydrogen) atoms. The van der Waals surface area contributed by atoms with Crippen molar-refractivity contribution in [2.24, 2.45) is 0 Å². The molecule has 0 saturated heterocycles. The summed E-state index contributed by atoms with van der Waals surface area (Å²) in [6.07, 6.45) is 0. The Labute approximate surface area is 32.5 Å². The Morgan fingerprint density at radius 2 is 3.20 bits per heavy atom. The molecule has 0 aromatic rings. The summed E-state index contributed by atoms with van der Waals surface area (Å²) in [5, 5.41) is 7.81. The second kappa shape index (κ2) is 1.52. The lowest BCUT2D eigenvalue weighted by Crippen LogP contribution is -1.82. The maximum atomic E-state index is 9.55. The van der Waals surface area contributed by atoms with Crippen molar-refractivity contribution in [3.05, 3.63) is 12.6 Å². The van der Waals surface area contributed by atoms with Gasteiger partial charge in [-0.25, -0.2) is 4.79 Å². The molecule has 0 unspecified atom stereocenters. The highest BCUT2D eigenvalue weighted by Crippen LogP contribution is 1.54. The molecule has 0 aliphatic heterocycles. The number of aliphatic carboxylic acids is 1. The van der Waals surface area contributed by atoms with E-state index in [0.717, 1.165) is 0 Å². The SMILES string of the molecule is [2H]C=C([2H])C(O)=[13O].